The van der Waals surface area contributed by atoms with Crippen LogP contribution < -0.4 is 4.31 Å². The van der Waals surface area contributed by atoms with Gasteiger partial charge in [0.15, 0.2) is 0 Å². The molecule has 0 aromatic heterocycles. The predicted octanol–water partition coefficient (Wildman–Crippen LogP) is 1.45. The Labute approximate surface area is 103 Å². The molecule has 0 aliphatic carbocycles. The van der Waals surface area contributed by atoms with E-state index in [1.807, 2.05) is 26.0 Å². The van der Waals surface area contributed by atoms with Gasteiger partial charge in [-0.25, -0.2) is 8.42 Å². The second kappa shape index (κ2) is 5.06. The molecule has 0 aliphatic rings. The van der Waals surface area contributed by atoms with Crippen LogP contribution in [0.3, 0.4) is 0 Å². The molecule has 96 valence electrons. The number of anilines is 1. The number of sulfonamides is 1. The summed E-state index contributed by atoms with van der Waals surface area (Å²) in [6.07, 6.45) is 0. The molecule has 1 atom stereocenters. The van der Waals surface area contributed by atoms with Crippen LogP contribution in [0.15, 0.2) is 18.2 Å². The minimum Gasteiger partial charge on any atom is -0.395 e. The molecule has 0 aliphatic heterocycles. The van der Waals surface area contributed by atoms with Gasteiger partial charge < -0.3 is 5.11 Å². The van der Waals surface area contributed by atoms with Crippen molar-refractivity contribution in [1.82, 2.24) is 0 Å². The largest absolute Gasteiger partial charge is 0.395 e. The van der Waals surface area contributed by atoms with E-state index in [1.54, 1.807) is 6.07 Å². The highest BCUT2D eigenvalue weighted by molar-refractivity contribution is 7.93. The Morgan fingerprint density at radius 2 is 1.94 bits per heavy atom. The molecule has 0 amide bonds. The summed E-state index contributed by atoms with van der Waals surface area (Å²) < 4.78 is 25.4. The SMILES string of the molecule is Cc1ccc(N(C)S(=O)(=O)C(C)CO)c(C)c1. The van der Waals surface area contributed by atoms with Gasteiger partial charge in [-0.05, 0) is 32.4 Å². The smallest absolute Gasteiger partial charge is 0.239 e. The quantitative estimate of drug-likeness (QED) is 0.888. The summed E-state index contributed by atoms with van der Waals surface area (Å²) in [5.74, 6) is 0. The third-order valence-corrected chi connectivity index (χ3v) is 4.97. The highest BCUT2D eigenvalue weighted by Gasteiger charge is 2.26. The molecule has 1 unspecified atom stereocenters. The van der Waals surface area contributed by atoms with Gasteiger partial charge in [-0.2, -0.15) is 0 Å². The molecule has 0 radical (unpaired) electrons. The molecule has 0 heterocycles. The minimum atomic E-state index is -3.49. The van der Waals surface area contributed by atoms with Crippen LogP contribution in [-0.4, -0.2) is 32.4 Å². The summed E-state index contributed by atoms with van der Waals surface area (Å²) in [6, 6.07) is 5.59. The van der Waals surface area contributed by atoms with Crippen LogP contribution in [0.2, 0.25) is 0 Å². The summed E-state index contributed by atoms with van der Waals surface area (Å²) in [7, 11) is -1.98. The van der Waals surface area contributed by atoms with Gasteiger partial charge in [0.2, 0.25) is 10.0 Å². The zero-order valence-corrected chi connectivity index (χ0v) is 11.5. The third kappa shape index (κ3) is 2.79. The van der Waals surface area contributed by atoms with Gasteiger partial charge in [0.05, 0.1) is 12.3 Å². The number of hydrogen-bond acceptors (Lipinski definition) is 3. The Hall–Kier alpha value is -1.07. The van der Waals surface area contributed by atoms with Gasteiger partial charge in [-0.1, -0.05) is 17.7 Å². The lowest BCUT2D eigenvalue weighted by molar-refractivity contribution is 0.295. The topological polar surface area (TPSA) is 57.6 Å². The number of aliphatic hydroxyl groups excluding tert-OH is 1. The van der Waals surface area contributed by atoms with Crippen molar-refractivity contribution >= 4 is 15.7 Å². The first-order valence-electron chi connectivity index (χ1n) is 5.46. The molecular weight excluding hydrogens is 238 g/mol. The third-order valence-electron chi connectivity index (χ3n) is 2.84. The number of rotatable bonds is 4. The summed E-state index contributed by atoms with van der Waals surface area (Å²) in [4.78, 5) is 0. The Morgan fingerprint density at radius 1 is 1.35 bits per heavy atom. The summed E-state index contributed by atoms with van der Waals surface area (Å²) in [5.41, 5.74) is 2.64. The number of hydrogen-bond donors (Lipinski definition) is 1. The molecule has 1 rings (SSSR count). The molecule has 0 saturated carbocycles. The molecule has 0 bridgehead atoms. The zero-order chi connectivity index (χ0) is 13.2. The van der Waals surface area contributed by atoms with E-state index < -0.39 is 15.3 Å². The van der Waals surface area contributed by atoms with E-state index in [2.05, 4.69) is 0 Å². The Morgan fingerprint density at radius 3 is 2.41 bits per heavy atom. The van der Waals surface area contributed by atoms with Crippen molar-refractivity contribution in [1.29, 1.82) is 0 Å². The van der Waals surface area contributed by atoms with Crippen molar-refractivity contribution in [2.75, 3.05) is 18.0 Å². The van der Waals surface area contributed by atoms with Crippen molar-refractivity contribution in [3.05, 3.63) is 29.3 Å². The molecular formula is C12H19NO3S. The fraction of sp³-hybridized carbons (Fsp3) is 0.500. The molecule has 0 saturated heterocycles. The number of nitrogens with zero attached hydrogens (tertiary/aromatic N) is 1. The van der Waals surface area contributed by atoms with Gasteiger partial charge in [0.25, 0.3) is 0 Å². The van der Waals surface area contributed by atoms with E-state index in [1.165, 1.54) is 18.3 Å². The standard InChI is InChI=1S/C12H19NO3S/c1-9-5-6-12(10(2)7-9)13(4)17(15,16)11(3)8-14/h5-7,11,14H,8H2,1-4H3. The monoisotopic (exact) mass is 257 g/mol. The Bertz CT molecular complexity index is 496. The first-order valence-corrected chi connectivity index (χ1v) is 6.97. The van der Waals surface area contributed by atoms with Gasteiger partial charge in [-0.15, -0.1) is 0 Å². The van der Waals surface area contributed by atoms with Gasteiger partial charge >= 0.3 is 0 Å². The maximum Gasteiger partial charge on any atom is 0.239 e. The van der Waals surface area contributed by atoms with Crippen LogP contribution in [0.25, 0.3) is 0 Å². The summed E-state index contributed by atoms with van der Waals surface area (Å²) in [6.45, 7) is 4.95. The van der Waals surface area contributed by atoms with Gasteiger partial charge in [0.1, 0.15) is 5.25 Å². The Kier molecular flexibility index (Phi) is 4.16. The minimum absolute atomic E-state index is 0.377. The maximum atomic E-state index is 12.1. The van der Waals surface area contributed by atoms with Crippen molar-refractivity contribution in [3.8, 4) is 0 Å². The molecule has 17 heavy (non-hydrogen) atoms. The number of benzene rings is 1. The van der Waals surface area contributed by atoms with Crippen molar-refractivity contribution in [2.24, 2.45) is 0 Å². The predicted molar refractivity (Wildman–Crippen MR) is 69.8 cm³/mol. The lowest BCUT2D eigenvalue weighted by atomic mass is 10.1. The molecule has 5 heteroatoms. The molecule has 1 aromatic carbocycles. The number of aliphatic hydroxyl groups is 1. The lowest BCUT2D eigenvalue weighted by Gasteiger charge is -2.24. The van der Waals surface area contributed by atoms with Crippen molar-refractivity contribution in [2.45, 2.75) is 26.0 Å². The molecule has 0 spiro atoms. The van der Waals surface area contributed by atoms with Crippen LogP contribution in [-0.2, 0) is 10.0 Å². The van der Waals surface area contributed by atoms with E-state index in [0.717, 1.165) is 11.1 Å². The second-order valence-corrected chi connectivity index (χ2v) is 6.68. The Balaban J connectivity index is 3.17. The van der Waals surface area contributed by atoms with Gasteiger partial charge in [-0.3, -0.25) is 4.31 Å². The number of aryl methyl sites for hydroxylation is 2. The fourth-order valence-electron chi connectivity index (χ4n) is 1.66. The average molecular weight is 257 g/mol. The van der Waals surface area contributed by atoms with Crippen LogP contribution in [0.5, 0.6) is 0 Å². The highest BCUT2D eigenvalue weighted by atomic mass is 32.2. The van der Waals surface area contributed by atoms with Crippen LogP contribution >= 0.6 is 0 Å². The van der Waals surface area contributed by atoms with Crippen LogP contribution in [0.1, 0.15) is 18.1 Å². The van der Waals surface area contributed by atoms with E-state index in [-0.39, 0.29) is 6.61 Å². The second-order valence-electron chi connectivity index (χ2n) is 4.30. The van der Waals surface area contributed by atoms with Crippen LogP contribution in [0, 0.1) is 13.8 Å². The molecule has 0 fully saturated rings. The van der Waals surface area contributed by atoms with E-state index in [0.29, 0.717) is 5.69 Å². The zero-order valence-electron chi connectivity index (χ0n) is 10.6. The normalized spacial score (nSPS) is 13.5. The summed E-state index contributed by atoms with van der Waals surface area (Å²) in [5, 5.41) is 8.18. The van der Waals surface area contributed by atoms with Crippen molar-refractivity contribution < 1.29 is 13.5 Å². The van der Waals surface area contributed by atoms with Crippen molar-refractivity contribution in [3.63, 3.8) is 0 Å². The van der Waals surface area contributed by atoms with E-state index in [9.17, 15) is 8.42 Å². The molecule has 1 aromatic rings. The van der Waals surface area contributed by atoms with Crippen LogP contribution in [0.4, 0.5) is 5.69 Å². The maximum absolute atomic E-state index is 12.1. The fourth-order valence-corrected chi connectivity index (χ4v) is 2.87. The molecule has 4 nitrogen and oxygen atoms in total. The van der Waals surface area contributed by atoms with E-state index >= 15 is 0 Å². The lowest BCUT2D eigenvalue weighted by Crippen LogP contribution is -2.36. The first-order chi connectivity index (χ1) is 7.80. The summed E-state index contributed by atoms with van der Waals surface area (Å²) >= 11 is 0. The highest BCUT2D eigenvalue weighted by Crippen LogP contribution is 2.23. The average Bonchev–Trinajstić information content (AvgIpc) is 2.27. The van der Waals surface area contributed by atoms with Gasteiger partial charge in [0, 0.05) is 7.05 Å². The first kappa shape index (κ1) is 14.0. The van der Waals surface area contributed by atoms with E-state index in [4.69, 9.17) is 5.11 Å². The molecule has 1 N–H and O–H groups in total.